The molecule has 0 saturated carbocycles. The van der Waals surface area contributed by atoms with Gasteiger partial charge in [-0.2, -0.15) is 0 Å². The van der Waals surface area contributed by atoms with Crippen LogP contribution in [0.1, 0.15) is 38.7 Å². The fourth-order valence-corrected chi connectivity index (χ4v) is 4.57. The Morgan fingerprint density at radius 3 is 2.54 bits per heavy atom. The molecular weight excluding hydrogens is 488 g/mol. The van der Waals surface area contributed by atoms with E-state index in [2.05, 4.69) is 0 Å². The topological polar surface area (TPSA) is 176 Å². The molecule has 11 nitrogen and oxygen atoms in total. The van der Waals surface area contributed by atoms with E-state index in [1.807, 2.05) is 0 Å². The first-order chi connectivity index (χ1) is 17.4. The second kappa shape index (κ2) is 10.4. The van der Waals surface area contributed by atoms with Gasteiger partial charge in [-0.1, -0.05) is 6.08 Å². The fraction of sp³-hybridized carbons (Fsp3) is 0.538. The standard InChI is InChI=1S/C26H32O11/c1-12-10-34-17-9-15(8-16(27)19(17)20(12)28)36-25-23(31)22(30)21(29)18(37-25)11-35-24(32)13-4-6-14(7-5-13)26(2,3)33/h4,8-10,14,18,21-23,25,27,29-31,33H,5-7,11H2,1-3H3/t14?,18-,21-,22+,23-,25-/m1/s1. The third kappa shape index (κ3) is 5.65. The summed E-state index contributed by atoms with van der Waals surface area (Å²) >= 11 is 0. The van der Waals surface area contributed by atoms with Crippen molar-refractivity contribution in [2.75, 3.05) is 6.61 Å². The van der Waals surface area contributed by atoms with E-state index in [-0.39, 0.29) is 22.6 Å². The molecule has 1 unspecified atom stereocenters. The lowest BCUT2D eigenvalue weighted by Crippen LogP contribution is -2.60. The molecule has 6 atom stereocenters. The molecule has 0 amide bonds. The van der Waals surface area contributed by atoms with Crippen molar-refractivity contribution in [3.63, 3.8) is 0 Å². The molecule has 2 aliphatic rings. The van der Waals surface area contributed by atoms with Crippen molar-refractivity contribution in [1.29, 1.82) is 0 Å². The Hall–Kier alpha value is -2.96. The molecule has 0 spiro atoms. The Morgan fingerprint density at radius 2 is 1.89 bits per heavy atom. The molecule has 11 heteroatoms. The van der Waals surface area contributed by atoms with Crippen LogP contribution in [0.25, 0.3) is 11.0 Å². The van der Waals surface area contributed by atoms with Crippen molar-refractivity contribution >= 4 is 16.9 Å². The Bertz CT molecular complexity index is 1240. The molecule has 0 radical (unpaired) electrons. The van der Waals surface area contributed by atoms with Crippen molar-refractivity contribution in [2.45, 2.75) is 76.3 Å². The van der Waals surface area contributed by atoms with Crippen molar-refractivity contribution < 1.29 is 49.0 Å². The molecule has 1 fully saturated rings. The number of hydrogen-bond donors (Lipinski definition) is 5. The van der Waals surface area contributed by atoms with E-state index in [9.17, 15) is 35.1 Å². The van der Waals surface area contributed by atoms with Crippen LogP contribution >= 0.6 is 0 Å². The number of aryl methyl sites for hydroxylation is 1. The highest BCUT2D eigenvalue weighted by Gasteiger charge is 2.45. The molecule has 1 aliphatic carbocycles. The summed E-state index contributed by atoms with van der Waals surface area (Å²) in [6.45, 7) is 4.57. The van der Waals surface area contributed by atoms with E-state index in [0.717, 1.165) is 6.07 Å². The minimum atomic E-state index is -1.68. The van der Waals surface area contributed by atoms with Gasteiger partial charge in [-0.25, -0.2) is 4.79 Å². The zero-order valence-corrected chi connectivity index (χ0v) is 20.8. The van der Waals surface area contributed by atoms with Crippen LogP contribution in [-0.4, -0.2) is 74.4 Å². The lowest BCUT2D eigenvalue weighted by Gasteiger charge is -2.40. The maximum absolute atomic E-state index is 12.5. The van der Waals surface area contributed by atoms with Gasteiger partial charge in [-0.3, -0.25) is 4.79 Å². The summed E-state index contributed by atoms with van der Waals surface area (Å²) in [5, 5.41) is 51.5. The van der Waals surface area contributed by atoms with Crippen LogP contribution in [0.15, 0.2) is 39.3 Å². The normalized spacial score (nSPS) is 28.6. The van der Waals surface area contributed by atoms with Gasteiger partial charge in [-0.05, 0) is 46.0 Å². The Morgan fingerprint density at radius 1 is 1.16 bits per heavy atom. The summed E-state index contributed by atoms with van der Waals surface area (Å²) in [5.74, 6) is -1.02. The maximum Gasteiger partial charge on any atom is 0.333 e. The van der Waals surface area contributed by atoms with Crippen LogP contribution in [0.4, 0.5) is 0 Å². The van der Waals surface area contributed by atoms with Gasteiger partial charge in [0.15, 0.2) is 5.43 Å². The number of carbonyl (C=O) groups excluding carboxylic acids is 1. The van der Waals surface area contributed by atoms with Gasteiger partial charge >= 0.3 is 5.97 Å². The lowest BCUT2D eigenvalue weighted by atomic mass is 9.79. The predicted octanol–water partition coefficient (Wildman–Crippen LogP) is 1.03. The van der Waals surface area contributed by atoms with E-state index in [1.54, 1.807) is 26.8 Å². The number of allylic oxidation sites excluding steroid dienone is 1. The van der Waals surface area contributed by atoms with Gasteiger partial charge in [-0.15, -0.1) is 0 Å². The number of hydrogen-bond acceptors (Lipinski definition) is 11. The molecule has 4 rings (SSSR count). The SMILES string of the molecule is Cc1coc2cc(O[C@@H]3O[C@H](COC(=O)C4=CCC(C(C)(C)O)CC4)[C@@H](O)[C@H](O)[C@H]3O)cc(O)c2c1=O. The van der Waals surface area contributed by atoms with E-state index in [4.69, 9.17) is 18.6 Å². The van der Waals surface area contributed by atoms with E-state index in [1.165, 1.54) is 12.3 Å². The van der Waals surface area contributed by atoms with Crippen LogP contribution in [0, 0.1) is 12.8 Å². The summed E-state index contributed by atoms with van der Waals surface area (Å²) in [6, 6.07) is 2.45. The summed E-state index contributed by atoms with van der Waals surface area (Å²) in [5.41, 5.74) is -0.483. The van der Waals surface area contributed by atoms with Crippen molar-refractivity contribution in [3.8, 4) is 11.5 Å². The highest BCUT2D eigenvalue weighted by atomic mass is 16.7. The number of ether oxygens (including phenoxy) is 3. The molecular formula is C26H32O11. The summed E-state index contributed by atoms with van der Waals surface area (Å²) in [4.78, 5) is 24.8. The molecule has 5 N–H and O–H groups in total. The van der Waals surface area contributed by atoms with E-state index < -0.39 is 60.1 Å². The smallest absolute Gasteiger partial charge is 0.333 e. The minimum Gasteiger partial charge on any atom is -0.507 e. The molecule has 2 aromatic rings. The number of phenolic OH excluding ortho intramolecular Hbond substituents is 1. The number of aliphatic hydroxyl groups is 4. The van der Waals surface area contributed by atoms with Crippen molar-refractivity contribution in [3.05, 3.63) is 45.8 Å². The fourth-order valence-electron chi connectivity index (χ4n) is 4.57. The highest BCUT2D eigenvalue weighted by Crippen LogP contribution is 2.33. The predicted molar refractivity (Wildman–Crippen MR) is 129 cm³/mol. The van der Waals surface area contributed by atoms with E-state index in [0.29, 0.717) is 30.4 Å². The monoisotopic (exact) mass is 520 g/mol. The molecule has 202 valence electrons. The van der Waals surface area contributed by atoms with Crippen LogP contribution < -0.4 is 10.2 Å². The van der Waals surface area contributed by atoms with Gasteiger partial charge < -0.3 is 44.2 Å². The lowest BCUT2D eigenvalue weighted by molar-refractivity contribution is -0.278. The molecule has 1 aromatic heterocycles. The van der Waals surface area contributed by atoms with Crippen LogP contribution in [0.2, 0.25) is 0 Å². The van der Waals surface area contributed by atoms with Gasteiger partial charge in [0.05, 0.1) is 11.9 Å². The molecule has 37 heavy (non-hydrogen) atoms. The van der Waals surface area contributed by atoms with Gasteiger partial charge in [0.2, 0.25) is 6.29 Å². The number of aromatic hydroxyl groups is 1. The van der Waals surface area contributed by atoms with Gasteiger partial charge in [0.25, 0.3) is 0 Å². The third-order valence-electron chi connectivity index (χ3n) is 6.97. The second-order valence-corrected chi connectivity index (χ2v) is 10.1. The van der Waals surface area contributed by atoms with Gasteiger partial charge in [0.1, 0.15) is 53.5 Å². The number of fused-ring (bicyclic) bond motifs is 1. The minimum absolute atomic E-state index is 0.0219. The largest absolute Gasteiger partial charge is 0.507 e. The number of esters is 1. The van der Waals surface area contributed by atoms with Crippen LogP contribution in [-0.2, 0) is 14.3 Å². The zero-order valence-electron chi connectivity index (χ0n) is 20.8. The Kier molecular flexibility index (Phi) is 7.63. The highest BCUT2D eigenvalue weighted by molar-refractivity contribution is 5.88. The van der Waals surface area contributed by atoms with Crippen molar-refractivity contribution in [1.82, 2.24) is 0 Å². The molecule has 1 saturated heterocycles. The average Bonchev–Trinajstić information content (AvgIpc) is 2.85. The Labute approximate surface area is 212 Å². The molecule has 1 aliphatic heterocycles. The Balaban J connectivity index is 1.43. The summed E-state index contributed by atoms with van der Waals surface area (Å²) < 4.78 is 21.9. The van der Waals surface area contributed by atoms with Crippen LogP contribution in [0.3, 0.4) is 0 Å². The second-order valence-electron chi connectivity index (χ2n) is 10.1. The summed E-state index contributed by atoms with van der Waals surface area (Å²) in [7, 11) is 0. The first kappa shape index (κ1) is 27.1. The molecule has 1 aromatic carbocycles. The number of rotatable bonds is 6. The first-order valence-electron chi connectivity index (χ1n) is 12.1. The number of phenols is 1. The van der Waals surface area contributed by atoms with Gasteiger partial charge in [0, 0.05) is 23.3 Å². The number of carbonyl (C=O) groups is 1. The van der Waals surface area contributed by atoms with Crippen molar-refractivity contribution in [2.24, 2.45) is 5.92 Å². The van der Waals surface area contributed by atoms with E-state index >= 15 is 0 Å². The first-order valence-corrected chi connectivity index (χ1v) is 12.1. The zero-order chi connectivity index (χ0) is 27.1. The maximum atomic E-state index is 12.5. The average molecular weight is 521 g/mol. The number of aliphatic hydroxyl groups excluding tert-OH is 3. The molecule has 0 bridgehead atoms. The third-order valence-corrected chi connectivity index (χ3v) is 6.97. The van der Waals surface area contributed by atoms with Crippen LogP contribution in [0.5, 0.6) is 11.5 Å². The molecule has 2 heterocycles. The quantitative estimate of drug-likeness (QED) is 0.344. The summed E-state index contributed by atoms with van der Waals surface area (Å²) in [6.07, 6.45) is -3.14. The number of benzene rings is 1.